The molecule has 2 nitrogen and oxygen atoms in total. The number of rotatable bonds is 7. The quantitative estimate of drug-likeness (QED) is 0.477. The van der Waals surface area contributed by atoms with Crippen molar-refractivity contribution in [1.82, 2.24) is 0 Å². The van der Waals surface area contributed by atoms with E-state index in [1.807, 2.05) is 0 Å². The lowest BCUT2D eigenvalue weighted by atomic mass is 9.51. The molecular formula is C21H32N2S. The van der Waals surface area contributed by atoms with E-state index in [1.165, 1.54) is 76.2 Å². The highest BCUT2D eigenvalue weighted by atomic mass is 32.1. The SMILES string of the molecule is CCCCCCC12CCC(c3ccc(NC(N)=S)cc3)(CC1)CC2. The van der Waals surface area contributed by atoms with Crippen LogP contribution in [0, 0.1) is 5.41 Å². The maximum absolute atomic E-state index is 5.56. The van der Waals surface area contributed by atoms with Crippen LogP contribution >= 0.6 is 12.2 Å². The second-order valence-electron chi connectivity index (χ2n) is 8.16. The average Bonchev–Trinajstić information content (AvgIpc) is 2.60. The summed E-state index contributed by atoms with van der Waals surface area (Å²) < 4.78 is 0. The van der Waals surface area contributed by atoms with Crippen molar-refractivity contribution in [2.75, 3.05) is 5.32 Å². The van der Waals surface area contributed by atoms with E-state index in [9.17, 15) is 0 Å². The van der Waals surface area contributed by atoms with Gasteiger partial charge in [-0.05, 0) is 85.7 Å². The maximum Gasteiger partial charge on any atom is 0.168 e. The number of hydrogen-bond acceptors (Lipinski definition) is 1. The van der Waals surface area contributed by atoms with Gasteiger partial charge in [-0.1, -0.05) is 44.7 Å². The van der Waals surface area contributed by atoms with Gasteiger partial charge in [0.1, 0.15) is 0 Å². The highest BCUT2D eigenvalue weighted by Crippen LogP contribution is 2.59. The molecule has 3 fully saturated rings. The topological polar surface area (TPSA) is 38.0 Å². The Labute approximate surface area is 152 Å². The number of thiocarbonyl (C=S) groups is 1. The van der Waals surface area contributed by atoms with Crippen LogP contribution in [0.4, 0.5) is 5.69 Å². The summed E-state index contributed by atoms with van der Waals surface area (Å²) >= 11 is 4.92. The predicted molar refractivity (Wildman–Crippen MR) is 107 cm³/mol. The molecule has 0 aliphatic heterocycles. The number of unbranched alkanes of at least 4 members (excludes halogenated alkanes) is 3. The molecule has 24 heavy (non-hydrogen) atoms. The molecule has 0 atom stereocenters. The lowest BCUT2D eigenvalue weighted by Crippen LogP contribution is -2.44. The summed E-state index contributed by atoms with van der Waals surface area (Å²) in [5, 5.41) is 3.36. The van der Waals surface area contributed by atoms with Gasteiger partial charge in [-0.15, -0.1) is 0 Å². The molecule has 0 unspecified atom stereocenters. The molecule has 3 N–H and O–H groups in total. The van der Waals surface area contributed by atoms with Crippen LogP contribution in [0.15, 0.2) is 24.3 Å². The number of fused-ring (bicyclic) bond motifs is 3. The van der Waals surface area contributed by atoms with Crippen LogP contribution in [0.5, 0.6) is 0 Å². The first kappa shape index (κ1) is 17.7. The first-order valence-corrected chi connectivity index (χ1v) is 10.2. The van der Waals surface area contributed by atoms with Crippen molar-refractivity contribution < 1.29 is 0 Å². The molecule has 1 aromatic rings. The highest BCUT2D eigenvalue weighted by molar-refractivity contribution is 7.80. The zero-order chi connectivity index (χ0) is 17.0. The molecule has 2 bridgehead atoms. The minimum absolute atomic E-state index is 0.337. The number of benzene rings is 1. The molecular weight excluding hydrogens is 312 g/mol. The van der Waals surface area contributed by atoms with Crippen LogP contribution in [0.25, 0.3) is 0 Å². The molecule has 3 aliphatic rings. The molecule has 3 aliphatic carbocycles. The van der Waals surface area contributed by atoms with Gasteiger partial charge >= 0.3 is 0 Å². The van der Waals surface area contributed by atoms with E-state index < -0.39 is 0 Å². The van der Waals surface area contributed by atoms with Crippen LogP contribution in [-0.2, 0) is 5.41 Å². The molecule has 4 rings (SSSR count). The average molecular weight is 345 g/mol. The number of hydrogen-bond donors (Lipinski definition) is 2. The molecule has 3 heteroatoms. The zero-order valence-corrected chi connectivity index (χ0v) is 15.9. The van der Waals surface area contributed by atoms with Crippen LogP contribution < -0.4 is 11.1 Å². The fourth-order valence-corrected chi connectivity index (χ4v) is 5.17. The Bertz CT molecular complexity index is 539. The standard InChI is InChI=1S/C21H32N2S/c1-2-3-4-5-10-20-11-14-21(15-12-20,16-13-20)17-6-8-18(9-7-17)23-19(22)24/h6-9H,2-5,10-16H2,1H3,(H3,22,23,24). The van der Waals surface area contributed by atoms with Gasteiger partial charge in [-0.25, -0.2) is 0 Å². The molecule has 3 saturated carbocycles. The summed E-state index contributed by atoms with van der Waals surface area (Å²) in [6.45, 7) is 2.30. The summed E-state index contributed by atoms with van der Waals surface area (Å²) in [4.78, 5) is 0. The number of nitrogens with two attached hydrogens (primary N) is 1. The third-order valence-electron chi connectivity index (χ3n) is 6.73. The molecule has 132 valence electrons. The van der Waals surface area contributed by atoms with E-state index in [4.69, 9.17) is 18.0 Å². The van der Waals surface area contributed by atoms with Crippen LogP contribution in [0.2, 0.25) is 0 Å². The van der Waals surface area contributed by atoms with Gasteiger partial charge < -0.3 is 11.1 Å². The Morgan fingerprint density at radius 3 is 2.17 bits per heavy atom. The highest BCUT2D eigenvalue weighted by Gasteiger charge is 2.48. The lowest BCUT2D eigenvalue weighted by molar-refractivity contribution is 0.0305. The van der Waals surface area contributed by atoms with Crippen LogP contribution in [-0.4, -0.2) is 5.11 Å². The Morgan fingerprint density at radius 1 is 1.00 bits per heavy atom. The number of nitrogens with one attached hydrogen (secondary N) is 1. The zero-order valence-electron chi connectivity index (χ0n) is 15.1. The van der Waals surface area contributed by atoms with Crippen LogP contribution in [0.3, 0.4) is 0 Å². The lowest BCUT2D eigenvalue weighted by Gasteiger charge is -2.54. The molecule has 0 radical (unpaired) electrons. The van der Waals surface area contributed by atoms with Gasteiger partial charge in [0.15, 0.2) is 5.11 Å². The Hall–Kier alpha value is -1.09. The van der Waals surface area contributed by atoms with Gasteiger partial charge in [0.2, 0.25) is 0 Å². The molecule has 0 amide bonds. The van der Waals surface area contributed by atoms with E-state index in [2.05, 4.69) is 36.5 Å². The van der Waals surface area contributed by atoms with Gasteiger partial charge in [-0.2, -0.15) is 0 Å². The van der Waals surface area contributed by atoms with Crippen molar-refractivity contribution in [2.24, 2.45) is 11.1 Å². The van der Waals surface area contributed by atoms with Gasteiger partial charge in [0.25, 0.3) is 0 Å². The maximum atomic E-state index is 5.56. The second kappa shape index (κ2) is 7.43. The third-order valence-corrected chi connectivity index (χ3v) is 6.83. The fourth-order valence-electron chi connectivity index (χ4n) is 5.05. The van der Waals surface area contributed by atoms with E-state index in [0.29, 0.717) is 15.9 Å². The van der Waals surface area contributed by atoms with Crippen molar-refractivity contribution in [3.63, 3.8) is 0 Å². The summed E-state index contributed by atoms with van der Waals surface area (Å²) in [6.07, 6.45) is 15.5. The van der Waals surface area contributed by atoms with Crippen LogP contribution in [0.1, 0.15) is 83.1 Å². The fraction of sp³-hybridized carbons (Fsp3) is 0.667. The van der Waals surface area contributed by atoms with Crippen molar-refractivity contribution in [1.29, 1.82) is 0 Å². The normalized spacial score (nSPS) is 28.7. The minimum Gasteiger partial charge on any atom is -0.376 e. The van der Waals surface area contributed by atoms with Crippen molar-refractivity contribution in [2.45, 2.75) is 83.0 Å². The van der Waals surface area contributed by atoms with E-state index >= 15 is 0 Å². The monoisotopic (exact) mass is 344 g/mol. The smallest absolute Gasteiger partial charge is 0.168 e. The molecule has 0 heterocycles. The van der Waals surface area contributed by atoms with E-state index in [0.717, 1.165) is 5.69 Å². The minimum atomic E-state index is 0.337. The molecule has 0 aromatic heterocycles. The molecule has 0 saturated heterocycles. The summed E-state index contributed by atoms with van der Waals surface area (Å²) in [5.74, 6) is 0. The summed E-state index contributed by atoms with van der Waals surface area (Å²) in [7, 11) is 0. The number of anilines is 1. The first-order chi connectivity index (χ1) is 11.6. The van der Waals surface area contributed by atoms with E-state index in [1.54, 1.807) is 0 Å². The Kier molecular flexibility index (Phi) is 5.49. The Morgan fingerprint density at radius 2 is 1.62 bits per heavy atom. The Balaban J connectivity index is 1.61. The summed E-state index contributed by atoms with van der Waals surface area (Å²) in [6, 6.07) is 8.84. The van der Waals surface area contributed by atoms with Gasteiger partial charge in [-0.3, -0.25) is 0 Å². The van der Waals surface area contributed by atoms with Crippen molar-refractivity contribution >= 4 is 23.0 Å². The molecule has 1 aromatic carbocycles. The molecule has 0 spiro atoms. The van der Waals surface area contributed by atoms with Crippen molar-refractivity contribution in [3.05, 3.63) is 29.8 Å². The first-order valence-electron chi connectivity index (χ1n) is 9.75. The van der Waals surface area contributed by atoms with Gasteiger partial charge in [0, 0.05) is 5.69 Å². The second-order valence-corrected chi connectivity index (χ2v) is 8.60. The van der Waals surface area contributed by atoms with E-state index in [-0.39, 0.29) is 0 Å². The third kappa shape index (κ3) is 3.77. The van der Waals surface area contributed by atoms with Crippen molar-refractivity contribution in [3.8, 4) is 0 Å². The largest absolute Gasteiger partial charge is 0.376 e. The summed E-state index contributed by atoms with van der Waals surface area (Å²) in [5.41, 5.74) is 9.20. The predicted octanol–water partition coefficient (Wildman–Crippen LogP) is 5.90. The van der Waals surface area contributed by atoms with Gasteiger partial charge in [0.05, 0.1) is 0 Å².